The second-order valence-electron chi connectivity index (χ2n) is 5.84. The molecule has 0 aliphatic carbocycles. The van der Waals surface area contributed by atoms with E-state index in [1.807, 2.05) is 13.0 Å². The van der Waals surface area contributed by atoms with Crippen LogP contribution in [-0.4, -0.2) is 30.4 Å². The van der Waals surface area contributed by atoms with Crippen molar-refractivity contribution in [3.8, 4) is 5.75 Å². The van der Waals surface area contributed by atoms with Crippen LogP contribution in [0.3, 0.4) is 0 Å². The Hall–Kier alpha value is -3.15. The molecule has 1 aliphatic heterocycles. The number of anilines is 1. The van der Waals surface area contributed by atoms with Crippen molar-refractivity contribution >= 4 is 23.1 Å². The van der Waals surface area contributed by atoms with Crippen LogP contribution < -0.4 is 10.1 Å². The molecule has 0 saturated heterocycles. The van der Waals surface area contributed by atoms with E-state index in [4.69, 9.17) is 4.74 Å². The zero-order chi connectivity index (χ0) is 18.7. The topological polar surface area (TPSA) is 58.6 Å². The highest BCUT2D eigenvalue weighted by molar-refractivity contribution is 6.36. The summed E-state index contributed by atoms with van der Waals surface area (Å²) in [5, 5.41) is 3.04. The van der Waals surface area contributed by atoms with Crippen LogP contribution in [0.4, 0.5) is 10.1 Å². The Kier molecular flexibility index (Phi) is 5.02. The van der Waals surface area contributed by atoms with Crippen LogP contribution in [0.2, 0.25) is 0 Å². The maximum Gasteiger partial charge on any atom is 0.278 e. The molecule has 2 amide bonds. The van der Waals surface area contributed by atoms with Gasteiger partial charge in [-0.05, 0) is 36.2 Å². The molecule has 3 rings (SSSR count). The van der Waals surface area contributed by atoms with Crippen LogP contribution in [0.5, 0.6) is 5.75 Å². The summed E-state index contributed by atoms with van der Waals surface area (Å²) < 4.78 is 18.6. The molecule has 5 nitrogen and oxygen atoms in total. The first-order valence-electron chi connectivity index (χ1n) is 8.33. The van der Waals surface area contributed by atoms with E-state index < -0.39 is 11.7 Å². The van der Waals surface area contributed by atoms with Crippen LogP contribution in [0.1, 0.15) is 18.9 Å². The van der Waals surface area contributed by atoms with Crippen molar-refractivity contribution in [3.05, 3.63) is 65.6 Å². The predicted octanol–water partition coefficient (Wildman–Crippen LogP) is 3.44. The fourth-order valence-electron chi connectivity index (χ4n) is 2.89. The normalized spacial score (nSPS) is 14.2. The minimum Gasteiger partial charge on any atom is -0.495 e. The third kappa shape index (κ3) is 3.18. The van der Waals surface area contributed by atoms with Crippen molar-refractivity contribution < 1.29 is 18.7 Å². The number of ether oxygens (including phenoxy) is 1. The SMILES string of the molecule is CCCN1C(=O)C(Nc2ccccc2OC)=C(c2ccc(F)cc2)C1=O. The Morgan fingerprint density at radius 3 is 2.38 bits per heavy atom. The van der Waals surface area contributed by atoms with Crippen LogP contribution in [0.15, 0.2) is 54.2 Å². The zero-order valence-corrected chi connectivity index (χ0v) is 14.6. The summed E-state index contributed by atoms with van der Waals surface area (Å²) in [5.74, 6) is -0.647. The van der Waals surface area contributed by atoms with Crippen molar-refractivity contribution in [1.82, 2.24) is 4.90 Å². The second-order valence-corrected chi connectivity index (χ2v) is 5.84. The van der Waals surface area contributed by atoms with Crippen molar-refractivity contribution in [1.29, 1.82) is 0 Å². The van der Waals surface area contributed by atoms with Crippen molar-refractivity contribution in [2.24, 2.45) is 0 Å². The molecule has 1 aliphatic rings. The smallest absolute Gasteiger partial charge is 0.278 e. The first-order valence-corrected chi connectivity index (χ1v) is 8.33. The number of nitrogens with one attached hydrogen (secondary N) is 1. The van der Waals surface area contributed by atoms with Gasteiger partial charge in [-0.3, -0.25) is 14.5 Å². The van der Waals surface area contributed by atoms with Gasteiger partial charge in [0.05, 0.1) is 18.4 Å². The Labute approximate surface area is 151 Å². The number of benzene rings is 2. The molecule has 0 unspecified atom stereocenters. The van der Waals surface area contributed by atoms with Gasteiger partial charge in [0.15, 0.2) is 0 Å². The lowest BCUT2D eigenvalue weighted by atomic mass is 10.0. The van der Waals surface area contributed by atoms with Crippen molar-refractivity contribution in [3.63, 3.8) is 0 Å². The van der Waals surface area contributed by atoms with E-state index >= 15 is 0 Å². The number of carbonyl (C=O) groups excluding carboxylic acids is 2. The van der Waals surface area contributed by atoms with E-state index in [9.17, 15) is 14.0 Å². The van der Waals surface area contributed by atoms with Crippen LogP contribution in [-0.2, 0) is 9.59 Å². The van der Waals surface area contributed by atoms with Gasteiger partial charge in [0.25, 0.3) is 11.8 Å². The summed E-state index contributed by atoms with van der Waals surface area (Å²) in [6, 6.07) is 12.6. The standard InChI is InChI=1S/C20H19FN2O3/c1-3-12-23-19(24)17(13-8-10-14(21)11-9-13)18(20(23)25)22-15-6-4-5-7-16(15)26-2/h4-11,22H,3,12H2,1-2H3. The van der Waals surface area contributed by atoms with Gasteiger partial charge in [0.2, 0.25) is 0 Å². The molecule has 26 heavy (non-hydrogen) atoms. The lowest BCUT2D eigenvalue weighted by Crippen LogP contribution is -2.33. The fraction of sp³-hybridized carbons (Fsp3) is 0.200. The van der Waals surface area contributed by atoms with E-state index in [1.54, 1.807) is 18.2 Å². The van der Waals surface area contributed by atoms with Gasteiger partial charge in [-0.1, -0.05) is 31.2 Å². The molecule has 0 aromatic heterocycles. The highest BCUT2D eigenvalue weighted by Gasteiger charge is 2.38. The quantitative estimate of drug-likeness (QED) is 0.808. The molecule has 0 saturated carbocycles. The molecule has 6 heteroatoms. The average molecular weight is 354 g/mol. The number of methoxy groups -OCH3 is 1. The molecular weight excluding hydrogens is 335 g/mol. The van der Waals surface area contributed by atoms with E-state index in [1.165, 1.54) is 36.3 Å². The number of hydrogen-bond donors (Lipinski definition) is 1. The van der Waals surface area contributed by atoms with E-state index in [0.29, 0.717) is 30.0 Å². The molecular formula is C20H19FN2O3. The molecule has 134 valence electrons. The molecule has 0 radical (unpaired) electrons. The lowest BCUT2D eigenvalue weighted by molar-refractivity contribution is -0.136. The lowest BCUT2D eigenvalue weighted by Gasteiger charge is -2.14. The van der Waals surface area contributed by atoms with Crippen LogP contribution in [0.25, 0.3) is 5.57 Å². The Balaban J connectivity index is 2.09. The molecule has 0 fully saturated rings. The predicted molar refractivity (Wildman–Crippen MR) is 96.9 cm³/mol. The van der Waals surface area contributed by atoms with Crippen LogP contribution >= 0.6 is 0 Å². The van der Waals surface area contributed by atoms with E-state index in [-0.39, 0.29) is 17.2 Å². The Morgan fingerprint density at radius 2 is 1.73 bits per heavy atom. The van der Waals surface area contributed by atoms with Gasteiger partial charge in [-0.25, -0.2) is 4.39 Å². The summed E-state index contributed by atoms with van der Waals surface area (Å²) in [6.45, 7) is 2.21. The molecule has 1 N–H and O–H groups in total. The van der Waals surface area contributed by atoms with Gasteiger partial charge in [0.1, 0.15) is 17.3 Å². The number of hydrogen-bond acceptors (Lipinski definition) is 4. The maximum absolute atomic E-state index is 13.3. The highest BCUT2D eigenvalue weighted by Crippen LogP contribution is 2.33. The number of carbonyl (C=O) groups is 2. The van der Waals surface area contributed by atoms with Gasteiger partial charge in [0, 0.05) is 6.54 Å². The summed E-state index contributed by atoms with van der Waals surface area (Å²) in [7, 11) is 1.53. The number of rotatable bonds is 6. The molecule has 0 bridgehead atoms. The number of imide groups is 1. The summed E-state index contributed by atoms with van der Waals surface area (Å²) >= 11 is 0. The monoisotopic (exact) mass is 354 g/mol. The largest absolute Gasteiger partial charge is 0.495 e. The summed E-state index contributed by atoms with van der Waals surface area (Å²) in [6.07, 6.45) is 0.649. The van der Waals surface area contributed by atoms with Crippen molar-refractivity contribution in [2.75, 3.05) is 19.0 Å². The number of nitrogens with zero attached hydrogens (tertiary/aromatic N) is 1. The first-order chi connectivity index (χ1) is 12.6. The maximum atomic E-state index is 13.3. The number of para-hydroxylation sites is 2. The Bertz CT molecular complexity index is 875. The van der Waals surface area contributed by atoms with E-state index in [2.05, 4.69) is 5.32 Å². The molecule has 0 spiro atoms. The third-order valence-electron chi connectivity index (χ3n) is 4.11. The number of halogens is 1. The minimum absolute atomic E-state index is 0.166. The highest BCUT2D eigenvalue weighted by atomic mass is 19.1. The van der Waals surface area contributed by atoms with Gasteiger partial charge >= 0.3 is 0 Å². The molecule has 2 aromatic carbocycles. The first kappa shape index (κ1) is 17.7. The fourth-order valence-corrected chi connectivity index (χ4v) is 2.89. The molecule has 1 heterocycles. The Morgan fingerprint density at radius 1 is 1.04 bits per heavy atom. The van der Waals surface area contributed by atoms with Gasteiger partial charge in [-0.2, -0.15) is 0 Å². The summed E-state index contributed by atoms with van der Waals surface area (Å²) in [5.41, 5.74) is 1.46. The van der Waals surface area contributed by atoms with E-state index in [0.717, 1.165) is 0 Å². The van der Waals surface area contributed by atoms with Gasteiger partial charge < -0.3 is 10.1 Å². The zero-order valence-electron chi connectivity index (χ0n) is 14.6. The van der Waals surface area contributed by atoms with Gasteiger partial charge in [-0.15, -0.1) is 0 Å². The number of amides is 2. The summed E-state index contributed by atoms with van der Waals surface area (Å²) in [4.78, 5) is 26.9. The minimum atomic E-state index is -0.407. The molecule has 2 aromatic rings. The van der Waals surface area contributed by atoms with Crippen LogP contribution in [0, 0.1) is 5.82 Å². The van der Waals surface area contributed by atoms with Crippen molar-refractivity contribution in [2.45, 2.75) is 13.3 Å². The average Bonchev–Trinajstić information content (AvgIpc) is 2.88. The second kappa shape index (κ2) is 7.39. The molecule has 0 atom stereocenters. The third-order valence-corrected chi connectivity index (χ3v) is 4.11.